The summed E-state index contributed by atoms with van der Waals surface area (Å²) in [5, 5.41) is 11.7. The van der Waals surface area contributed by atoms with Gasteiger partial charge in [0, 0.05) is 0 Å². The first-order chi connectivity index (χ1) is 16.0. The van der Waals surface area contributed by atoms with Crippen LogP contribution >= 0.6 is 7.82 Å². The van der Waals surface area contributed by atoms with E-state index in [4.69, 9.17) is 49.0 Å². The highest BCUT2D eigenvalue weighted by Crippen LogP contribution is 2.38. The molecule has 0 aliphatic heterocycles. The van der Waals surface area contributed by atoms with Gasteiger partial charge in [0.2, 0.25) is 11.7 Å². The largest absolute Gasteiger partial charge is 0.495 e. The third-order valence-electron chi connectivity index (χ3n) is 4.17. The predicted molar refractivity (Wildman–Crippen MR) is 126 cm³/mol. The lowest BCUT2D eigenvalue weighted by molar-refractivity contribution is -0.118. The van der Waals surface area contributed by atoms with E-state index in [2.05, 4.69) is 5.32 Å². The fourth-order valence-corrected chi connectivity index (χ4v) is 2.63. The summed E-state index contributed by atoms with van der Waals surface area (Å²) in [7, 11) is 1.52. The van der Waals surface area contributed by atoms with Gasteiger partial charge in [0.15, 0.2) is 11.5 Å². The van der Waals surface area contributed by atoms with Gasteiger partial charge in [-0.1, -0.05) is 18.2 Å². The van der Waals surface area contributed by atoms with Crippen molar-refractivity contribution in [1.29, 1.82) is 0 Å². The van der Waals surface area contributed by atoms with Crippen molar-refractivity contribution in [2.75, 3.05) is 40.4 Å². The van der Waals surface area contributed by atoms with Crippen molar-refractivity contribution in [2.45, 2.75) is 6.04 Å². The van der Waals surface area contributed by atoms with E-state index in [0.717, 1.165) is 11.1 Å². The first-order valence-electron chi connectivity index (χ1n) is 9.59. The van der Waals surface area contributed by atoms with Crippen LogP contribution in [0.5, 0.6) is 23.0 Å². The third-order valence-corrected chi connectivity index (χ3v) is 4.17. The molecule has 34 heavy (non-hydrogen) atoms. The molecule has 2 rings (SSSR count). The Labute approximate surface area is 196 Å². The van der Waals surface area contributed by atoms with Crippen LogP contribution in [0.4, 0.5) is 5.69 Å². The van der Waals surface area contributed by atoms with E-state index >= 15 is 0 Å². The number of rotatable bonds is 9. The van der Waals surface area contributed by atoms with E-state index in [1.165, 1.54) is 7.11 Å². The third kappa shape index (κ3) is 9.40. The van der Waals surface area contributed by atoms with Crippen LogP contribution in [0.25, 0.3) is 12.2 Å². The Morgan fingerprint density at radius 1 is 0.941 bits per heavy atom. The molecule has 0 heterocycles. The van der Waals surface area contributed by atoms with Crippen molar-refractivity contribution < 1.29 is 48.1 Å². The van der Waals surface area contributed by atoms with Crippen LogP contribution in [-0.2, 0) is 9.36 Å². The average Bonchev–Trinajstić information content (AvgIpc) is 2.80. The molecule has 2 aromatic carbocycles. The van der Waals surface area contributed by atoms with Gasteiger partial charge in [-0.25, -0.2) is 4.57 Å². The molecule has 0 saturated heterocycles. The molecule has 0 unspecified atom stereocenters. The number of nitrogens with two attached hydrogens (primary N) is 1. The average molecular weight is 500 g/mol. The lowest BCUT2D eigenvalue weighted by atomic mass is 10.1. The standard InChI is InChI=1S/C21H26N2O6.H3O4P/c1-26-17-8-7-13(9-16(17)23-21(25)15(22)12-24)5-6-14-10-18(27-2)20(29-4)19(11-14)28-3;1-5(2,3)4/h5-11,15,24H,12,22H2,1-4H3,(H,23,25);(H3,1,2,3,4)/b6-5-;/t15-;/m0./s1. The van der Waals surface area contributed by atoms with Gasteiger partial charge in [-0.15, -0.1) is 0 Å². The second kappa shape index (κ2) is 13.6. The van der Waals surface area contributed by atoms with Crippen LogP contribution in [0.2, 0.25) is 0 Å². The molecule has 0 saturated carbocycles. The first kappa shape index (κ1) is 28.9. The first-order valence-corrected chi connectivity index (χ1v) is 11.2. The lowest BCUT2D eigenvalue weighted by Gasteiger charge is -2.14. The Kier molecular flexibility index (Phi) is 11.5. The number of phosphoric acid groups is 1. The van der Waals surface area contributed by atoms with Crippen molar-refractivity contribution in [3.8, 4) is 23.0 Å². The fourth-order valence-electron chi connectivity index (χ4n) is 2.63. The van der Waals surface area contributed by atoms with E-state index in [1.54, 1.807) is 33.5 Å². The molecule has 2 aromatic rings. The van der Waals surface area contributed by atoms with E-state index < -0.39 is 26.4 Å². The predicted octanol–water partition coefficient (Wildman–Crippen LogP) is 1.22. The Bertz CT molecular complexity index is 1000. The summed E-state index contributed by atoms with van der Waals surface area (Å²) in [4.78, 5) is 33.6. The van der Waals surface area contributed by atoms with Gasteiger partial charge >= 0.3 is 7.82 Å². The van der Waals surface area contributed by atoms with Gasteiger partial charge in [0.1, 0.15) is 11.8 Å². The number of ether oxygens (including phenoxy) is 4. The number of carbonyl (C=O) groups excluding carboxylic acids is 1. The molecular weight excluding hydrogens is 471 g/mol. The number of nitrogens with one attached hydrogen (secondary N) is 1. The summed E-state index contributed by atoms with van der Waals surface area (Å²) in [6, 6.07) is 7.95. The smallest absolute Gasteiger partial charge is 0.466 e. The summed E-state index contributed by atoms with van der Waals surface area (Å²) in [5.41, 5.74) is 7.66. The highest BCUT2D eigenvalue weighted by atomic mass is 31.2. The van der Waals surface area contributed by atoms with Gasteiger partial charge in [-0.3, -0.25) is 4.79 Å². The molecule has 13 heteroatoms. The van der Waals surface area contributed by atoms with Crippen LogP contribution in [-0.4, -0.2) is 66.8 Å². The molecule has 0 spiro atoms. The van der Waals surface area contributed by atoms with E-state index in [9.17, 15) is 4.79 Å². The van der Waals surface area contributed by atoms with Crippen molar-refractivity contribution >= 4 is 31.6 Å². The SMILES string of the molecule is COc1ccc(/C=C\c2cc(OC)c(OC)c(OC)c2)cc1NC(=O)[C@@H](N)CO.O=P(O)(O)O. The van der Waals surface area contributed by atoms with Gasteiger partial charge in [0.25, 0.3) is 0 Å². The van der Waals surface area contributed by atoms with Crippen LogP contribution in [0.3, 0.4) is 0 Å². The summed E-state index contributed by atoms with van der Waals surface area (Å²) < 4.78 is 30.2. The molecule has 0 fully saturated rings. The molecule has 188 valence electrons. The monoisotopic (exact) mass is 500 g/mol. The molecular formula is C21H29N2O10P. The zero-order valence-electron chi connectivity index (χ0n) is 19.1. The Balaban J connectivity index is 0.00000104. The van der Waals surface area contributed by atoms with Crippen molar-refractivity contribution in [2.24, 2.45) is 5.73 Å². The molecule has 0 aromatic heterocycles. The Morgan fingerprint density at radius 2 is 1.44 bits per heavy atom. The molecule has 0 bridgehead atoms. The summed E-state index contributed by atoms with van der Waals surface area (Å²) in [5.74, 6) is 1.59. The zero-order valence-corrected chi connectivity index (χ0v) is 20.0. The summed E-state index contributed by atoms with van der Waals surface area (Å²) in [6.45, 7) is -0.450. The minimum atomic E-state index is -4.64. The second-order valence-electron chi connectivity index (χ2n) is 6.54. The minimum absolute atomic E-state index is 0.450. The van der Waals surface area contributed by atoms with Crippen LogP contribution in [0.1, 0.15) is 11.1 Å². The topological polar surface area (TPSA) is 190 Å². The van der Waals surface area contributed by atoms with Gasteiger partial charge in [-0.2, -0.15) is 0 Å². The van der Waals surface area contributed by atoms with E-state index in [1.807, 2.05) is 30.4 Å². The molecule has 0 radical (unpaired) electrons. The molecule has 1 atom stereocenters. The molecule has 7 N–H and O–H groups in total. The normalized spacial score (nSPS) is 11.8. The van der Waals surface area contributed by atoms with Gasteiger partial charge < -0.3 is 49.8 Å². The molecule has 12 nitrogen and oxygen atoms in total. The zero-order chi connectivity index (χ0) is 25.9. The van der Waals surface area contributed by atoms with Gasteiger partial charge in [0.05, 0.1) is 40.7 Å². The number of benzene rings is 2. The maximum absolute atomic E-state index is 12.0. The lowest BCUT2D eigenvalue weighted by Crippen LogP contribution is -2.38. The Morgan fingerprint density at radius 3 is 1.88 bits per heavy atom. The van der Waals surface area contributed by atoms with Crippen molar-refractivity contribution in [1.82, 2.24) is 0 Å². The number of aliphatic hydroxyl groups excluding tert-OH is 1. The quantitative estimate of drug-likeness (QED) is 0.214. The fraction of sp³-hybridized carbons (Fsp3) is 0.286. The number of aliphatic hydroxyl groups is 1. The van der Waals surface area contributed by atoms with E-state index in [0.29, 0.717) is 28.7 Å². The highest BCUT2D eigenvalue weighted by Gasteiger charge is 2.15. The van der Waals surface area contributed by atoms with Gasteiger partial charge in [-0.05, 0) is 35.4 Å². The number of anilines is 1. The number of amides is 1. The second-order valence-corrected chi connectivity index (χ2v) is 7.57. The maximum atomic E-state index is 12.0. The van der Waals surface area contributed by atoms with Crippen LogP contribution in [0.15, 0.2) is 30.3 Å². The Hall–Kier alpha value is -3.12. The van der Waals surface area contributed by atoms with Crippen LogP contribution < -0.4 is 30.0 Å². The minimum Gasteiger partial charge on any atom is -0.495 e. The van der Waals surface area contributed by atoms with E-state index in [-0.39, 0.29) is 0 Å². The number of hydrogen-bond acceptors (Lipinski definition) is 8. The highest BCUT2D eigenvalue weighted by molar-refractivity contribution is 7.45. The van der Waals surface area contributed by atoms with Crippen molar-refractivity contribution in [3.63, 3.8) is 0 Å². The van der Waals surface area contributed by atoms with Crippen molar-refractivity contribution in [3.05, 3.63) is 41.5 Å². The number of carbonyl (C=O) groups is 1. The summed E-state index contributed by atoms with van der Waals surface area (Å²) >= 11 is 0. The number of methoxy groups -OCH3 is 4. The molecule has 0 aliphatic rings. The number of hydrogen-bond donors (Lipinski definition) is 6. The maximum Gasteiger partial charge on any atom is 0.466 e. The molecule has 1 amide bonds. The van der Waals surface area contributed by atoms with Crippen LogP contribution in [0, 0.1) is 0 Å². The molecule has 0 aliphatic carbocycles. The summed E-state index contributed by atoms with van der Waals surface area (Å²) in [6.07, 6.45) is 3.74.